The van der Waals surface area contributed by atoms with Crippen molar-refractivity contribution in [3.05, 3.63) is 11.6 Å². The number of rotatable bonds is 6. The first-order valence-corrected chi connectivity index (χ1v) is 7.80. The van der Waals surface area contributed by atoms with Crippen molar-refractivity contribution in [1.29, 1.82) is 0 Å². The van der Waals surface area contributed by atoms with Crippen LogP contribution in [-0.4, -0.2) is 48.1 Å². The van der Waals surface area contributed by atoms with Gasteiger partial charge in [-0.05, 0) is 6.42 Å². The lowest BCUT2D eigenvalue weighted by Crippen LogP contribution is -2.45. The lowest BCUT2D eigenvalue weighted by atomic mass is 10.3. The fraction of sp³-hybridized carbons (Fsp3) is 0.727. The van der Waals surface area contributed by atoms with Crippen LogP contribution in [0.3, 0.4) is 0 Å². The Kier molecular flexibility index (Phi) is 5.73. The molecule has 1 fully saturated rings. The molecule has 0 N–H and O–H groups in total. The standard InChI is InChI=1S/C11H18N3OS2/c1-2-10(9-17-11-12-3-8-16-11)13-14-4-6-15-7-5-14/h3,8,10H,2,4-7,9H2,1H3. The highest BCUT2D eigenvalue weighted by Crippen LogP contribution is 2.21. The molecule has 2 heterocycles. The third kappa shape index (κ3) is 4.56. The zero-order valence-electron chi connectivity index (χ0n) is 10.0. The minimum absolute atomic E-state index is 0.391. The van der Waals surface area contributed by atoms with E-state index in [0.29, 0.717) is 6.04 Å². The van der Waals surface area contributed by atoms with Gasteiger partial charge in [-0.25, -0.2) is 9.99 Å². The predicted octanol–water partition coefficient (Wildman–Crippen LogP) is 1.87. The zero-order chi connectivity index (χ0) is 11.9. The van der Waals surface area contributed by atoms with Gasteiger partial charge in [0.05, 0.1) is 19.3 Å². The molecule has 1 saturated heterocycles. The van der Waals surface area contributed by atoms with Crippen LogP contribution in [0.1, 0.15) is 13.3 Å². The fourth-order valence-corrected chi connectivity index (χ4v) is 3.36. The number of thiazole rings is 1. The number of thioether (sulfide) groups is 1. The summed E-state index contributed by atoms with van der Waals surface area (Å²) in [5.41, 5.74) is 4.76. The minimum atomic E-state index is 0.391. The first-order valence-electron chi connectivity index (χ1n) is 5.94. The van der Waals surface area contributed by atoms with Crippen molar-refractivity contribution in [2.24, 2.45) is 0 Å². The van der Waals surface area contributed by atoms with Crippen LogP contribution >= 0.6 is 23.1 Å². The lowest BCUT2D eigenvalue weighted by Gasteiger charge is -2.28. The van der Waals surface area contributed by atoms with E-state index in [1.807, 2.05) is 11.6 Å². The van der Waals surface area contributed by atoms with Gasteiger partial charge in [-0.1, -0.05) is 18.7 Å². The Morgan fingerprint density at radius 3 is 3.06 bits per heavy atom. The summed E-state index contributed by atoms with van der Waals surface area (Å²) in [6.45, 7) is 5.66. The molecule has 2 rings (SSSR count). The first kappa shape index (κ1) is 13.3. The van der Waals surface area contributed by atoms with E-state index in [2.05, 4.69) is 16.9 Å². The van der Waals surface area contributed by atoms with E-state index >= 15 is 0 Å². The highest BCUT2D eigenvalue weighted by atomic mass is 32.2. The molecular weight excluding hydrogens is 254 g/mol. The van der Waals surface area contributed by atoms with Gasteiger partial charge in [0, 0.05) is 30.4 Å². The molecule has 0 aliphatic carbocycles. The monoisotopic (exact) mass is 272 g/mol. The molecule has 17 heavy (non-hydrogen) atoms. The maximum atomic E-state index is 5.32. The Labute approximate surface area is 111 Å². The van der Waals surface area contributed by atoms with Gasteiger partial charge in [-0.3, -0.25) is 0 Å². The SMILES string of the molecule is CCC(CSc1nccs1)[N]N1CCOCC1. The van der Waals surface area contributed by atoms with Crippen LogP contribution < -0.4 is 5.43 Å². The van der Waals surface area contributed by atoms with Gasteiger partial charge < -0.3 is 4.74 Å². The predicted molar refractivity (Wildman–Crippen MR) is 71.4 cm³/mol. The van der Waals surface area contributed by atoms with Gasteiger partial charge in [0.2, 0.25) is 0 Å². The van der Waals surface area contributed by atoms with Gasteiger partial charge >= 0.3 is 0 Å². The van der Waals surface area contributed by atoms with E-state index in [1.165, 1.54) is 0 Å². The van der Waals surface area contributed by atoms with Gasteiger partial charge in [0.25, 0.3) is 0 Å². The molecule has 1 aliphatic rings. The van der Waals surface area contributed by atoms with Gasteiger partial charge in [0.1, 0.15) is 4.34 Å². The Hall–Kier alpha value is -0.140. The third-order valence-electron chi connectivity index (χ3n) is 2.59. The zero-order valence-corrected chi connectivity index (χ0v) is 11.7. The number of ether oxygens (including phenoxy) is 1. The molecule has 4 nitrogen and oxygen atoms in total. The van der Waals surface area contributed by atoms with Crippen molar-refractivity contribution in [2.45, 2.75) is 23.7 Å². The van der Waals surface area contributed by atoms with Crippen LogP contribution in [0.5, 0.6) is 0 Å². The third-order valence-corrected chi connectivity index (χ3v) is 4.71. The van der Waals surface area contributed by atoms with Crippen molar-refractivity contribution >= 4 is 23.1 Å². The van der Waals surface area contributed by atoms with Crippen LogP contribution in [0.15, 0.2) is 15.9 Å². The molecule has 0 bridgehead atoms. The van der Waals surface area contributed by atoms with Gasteiger partial charge in [-0.15, -0.1) is 11.3 Å². The highest BCUT2D eigenvalue weighted by Gasteiger charge is 2.16. The number of nitrogens with zero attached hydrogens (tertiary/aromatic N) is 3. The summed E-state index contributed by atoms with van der Waals surface area (Å²) < 4.78 is 6.46. The molecule has 1 aromatic rings. The average molecular weight is 272 g/mol. The average Bonchev–Trinajstić information content (AvgIpc) is 2.89. The molecule has 6 heteroatoms. The molecule has 0 saturated carbocycles. The normalized spacial score (nSPS) is 19.4. The molecule has 0 amide bonds. The van der Waals surface area contributed by atoms with Crippen LogP contribution in [0.2, 0.25) is 0 Å². The summed E-state index contributed by atoms with van der Waals surface area (Å²) in [4.78, 5) is 4.28. The van der Waals surface area contributed by atoms with Crippen LogP contribution in [0.25, 0.3) is 0 Å². The number of hydrogen-bond acceptors (Lipinski definition) is 5. The van der Waals surface area contributed by atoms with Crippen LogP contribution in [-0.2, 0) is 4.74 Å². The van der Waals surface area contributed by atoms with Crippen LogP contribution in [0, 0.1) is 0 Å². The molecule has 1 unspecified atom stereocenters. The number of morpholine rings is 1. The van der Waals surface area contributed by atoms with E-state index in [-0.39, 0.29) is 0 Å². The van der Waals surface area contributed by atoms with Gasteiger partial charge in [-0.2, -0.15) is 5.43 Å². The Bertz CT molecular complexity index is 302. The van der Waals surface area contributed by atoms with Crippen molar-refractivity contribution in [2.75, 3.05) is 32.1 Å². The summed E-state index contributed by atoms with van der Waals surface area (Å²) >= 11 is 3.50. The Morgan fingerprint density at radius 1 is 1.59 bits per heavy atom. The number of hydrogen-bond donors (Lipinski definition) is 0. The van der Waals surface area contributed by atoms with Crippen molar-refractivity contribution in [1.82, 2.24) is 15.4 Å². The molecule has 0 spiro atoms. The first-order chi connectivity index (χ1) is 8.38. The molecule has 0 aromatic carbocycles. The van der Waals surface area contributed by atoms with Crippen LogP contribution in [0.4, 0.5) is 0 Å². The molecule has 95 valence electrons. The Morgan fingerprint density at radius 2 is 2.41 bits per heavy atom. The van der Waals surface area contributed by atoms with Crippen molar-refractivity contribution in [3.8, 4) is 0 Å². The maximum Gasteiger partial charge on any atom is 0.149 e. The fourth-order valence-electron chi connectivity index (χ4n) is 1.58. The second-order valence-corrected chi connectivity index (χ2v) is 6.01. The second kappa shape index (κ2) is 7.33. The lowest BCUT2D eigenvalue weighted by molar-refractivity contribution is 0.00203. The topological polar surface area (TPSA) is 39.5 Å². The molecule has 1 aliphatic heterocycles. The summed E-state index contributed by atoms with van der Waals surface area (Å²) in [5, 5.41) is 4.17. The molecule has 1 radical (unpaired) electrons. The smallest absolute Gasteiger partial charge is 0.149 e. The quantitative estimate of drug-likeness (QED) is 0.741. The maximum absolute atomic E-state index is 5.32. The van der Waals surface area contributed by atoms with Crippen molar-refractivity contribution in [3.63, 3.8) is 0 Å². The summed E-state index contributed by atoms with van der Waals surface area (Å²) in [5.74, 6) is 1.02. The second-order valence-electron chi connectivity index (χ2n) is 3.85. The van der Waals surface area contributed by atoms with E-state index in [1.54, 1.807) is 23.1 Å². The van der Waals surface area contributed by atoms with E-state index in [4.69, 9.17) is 10.2 Å². The summed E-state index contributed by atoms with van der Waals surface area (Å²) in [6, 6.07) is 0.391. The van der Waals surface area contributed by atoms with E-state index in [9.17, 15) is 0 Å². The van der Waals surface area contributed by atoms with Gasteiger partial charge in [0.15, 0.2) is 0 Å². The van der Waals surface area contributed by atoms with E-state index in [0.717, 1.165) is 42.8 Å². The van der Waals surface area contributed by atoms with Crippen molar-refractivity contribution < 1.29 is 4.74 Å². The summed E-state index contributed by atoms with van der Waals surface area (Å²) in [6.07, 6.45) is 2.93. The molecule has 1 atom stereocenters. The summed E-state index contributed by atoms with van der Waals surface area (Å²) in [7, 11) is 0. The highest BCUT2D eigenvalue weighted by molar-refractivity contribution is 8.01. The largest absolute Gasteiger partial charge is 0.379 e. The molecule has 1 aromatic heterocycles. The molecular formula is C11H18N3OS2. The van der Waals surface area contributed by atoms with E-state index < -0.39 is 0 Å². The number of aromatic nitrogens is 1. The Balaban J connectivity index is 1.72. The minimum Gasteiger partial charge on any atom is -0.379 e.